The summed E-state index contributed by atoms with van der Waals surface area (Å²) >= 11 is 0. The molecule has 4 rings (SSSR count). The van der Waals surface area contributed by atoms with Crippen molar-refractivity contribution < 1.29 is 4.74 Å². The lowest BCUT2D eigenvalue weighted by Gasteiger charge is -2.17. The lowest BCUT2D eigenvalue weighted by atomic mass is 10.1. The van der Waals surface area contributed by atoms with Gasteiger partial charge in [-0.3, -0.25) is 9.36 Å². The van der Waals surface area contributed by atoms with Gasteiger partial charge in [-0.2, -0.15) is 0 Å². The van der Waals surface area contributed by atoms with Crippen LogP contribution in [-0.4, -0.2) is 29.8 Å². The zero-order valence-corrected chi connectivity index (χ0v) is 13.6. The molecular formula is C19H19N3O2. The molecule has 0 fully saturated rings. The van der Waals surface area contributed by atoms with Gasteiger partial charge < -0.3 is 9.64 Å². The van der Waals surface area contributed by atoms with Gasteiger partial charge >= 0.3 is 0 Å². The van der Waals surface area contributed by atoms with E-state index in [1.54, 1.807) is 11.7 Å². The molecule has 0 saturated heterocycles. The van der Waals surface area contributed by atoms with Gasteiger partial charge in [0.1, 0.15) is 5.75 Å². The van der Waals surface area contributed by atoms with Crippen LogP contribution in [0.2, 0.25) is 0 Å². The van der Waals surface area contributed by atoms with Gasteiger partial charge in [0.25, 0.3) is 5.56 Å². The van der Waals surface area contributed by atoms with E-state index in [4.69, 9.17) is 9.72 Å². The molecule has 5 heteroatoms. The molecule has 1 aliphatic rings. The van der Waals surface area contributed by atoms with Crippen LogP contribution in [-0.2, 0) is 13.0 Å². The predicted molar refractivity (Wildman–Crippen MR) is 94.9 cm³/mol. The summed E-state index contributed by atoms with van der Waals surface area (Å²) in [6, 6.07) is 15.7. The molecule has 0 atom stereocenters. The topological polar surface area (TPSA) is 47.4 Å². The summed E-state index contributed by atoms with van der Waals surface area (Å²) in [6.45, 7) is 2.38. The zero-order valence-electron chi connectivity index (χ0n) is 13.6. The molecule has 0 aliphatic carbocycles. The number of aromatic nitrogens is 2. The lowest BCUT2D eigenvalue weighted by molar-refractivity contribution is 0.414. The van der Waals surface area contributed by atoms with Gasteiger partial charge in [-0.05, 0) is 36.2 Å². The molecule has 2 aromatic carbocycles. The van der Waals surface area contributed by atoms with Crippen LogP contribution in [0.15, 0.2) is 53.3 Å². The third-order valence-corrected chi connectivity index (χ3v) is 4.55. The van der Waals surface area contributed by atoms with E-state index in [1.165, 1.54) is 5.56 Å². The Balaban J connectivity index is 1.58. The number of para-hydroxylation sites is 1. The third kappa shape index (κ3) is 2.52. The minimum atomic E-state index is 0.0579. The van der Waals surface area contributed by atoms with E-state index in [9.17, 15) is 4.79 Å². The van der Waals surface area contributed by atoms with Crippen molar-refractivity contribution in [1.29, 1.82) is 0 Å². The average molecular weight is 321 g/mol. The highest BCUT2D eigenvalue weighted by Gasteiger charge is 2.22. The minimum Gasteiger partial charge on any atom is -0.497 e. The SMILES string of the molecule is COc1ccc(CCN2CCn3c2nc2ccccc2c3=O)cc1. The van der Waals surface area contributed by atoms with Crippen LogP contribution < -0.4 is 15.2 Å². The largest absolute Gasteiger partial charge is 0.497 e. The number of hydrogen-bond acceptors (Lipinski definition) is 4. The first-order chi connectivity index (χ1) is 11.8. The highest BCUT2D eigenvalue weighted by Crippen LogP contribution is 2.20. The van der Waals surface area contributed by atoms with E-state index in [1.807, 2.05) is 36.4 Å². The minimum absolute atomic E-state index is 0.0579. The number of anilines is 1. The second-order valence-corrected chi connectivity index (χ2v) is 5.97. The van der Waals surface area contributed by atoms with Crippen LogP contribution in [0.25, 0.3) is 10.9 Å². The van der Waals surface area contributed by atoms with Crippen LogP contribution in [0, 0.1) is 0 Å². The fraction of sp³-hybridized carbons (Fsp3) is 0.263. The van der Waals surface area contributed by atoms with Crippen LogP contribution in [0.5, 0.6) is 5.75 Å². The maximum atomic E-state index is 12.6. The summed E-state index contributed by atoms with van der Waals surface area (Å²) in [7, 11) is 1.67. The fourth-order valence-electron chi connectivity index (χ4n) is 3.19. The Morgan fingerprint density at radius 1 is 1.08 bits per heavy atom. The van der Waals surface area contributed by atoms with Gasteiger partial charge in [0.2, 0.25) is 5.95 Å². The van der Waals surface area contributed by atoms with Gasteiger partial charge in [-0.25, -0.2) is 4.98 Å². The Kier molecular flexibility index (Phi) is 3.69. The van der Waals surface area contributed by atoms with Crippen molar-refractivity contribution in [3.05, 3.63) is 64.4 Å². The van der Waals surface area contributed by atoms with Crippen LogP contribution >= 0.6 is 0 Å². The van der Waals surface area contributed by atoms with Gasteiger partial charge in [0.05, 0.1) is 18.0 Å². The third-order valence-electron chi connectivity index (χ3n) is 4.55. The molecule has 0 amide bonds. The Hall–Kier alpha value is -2.82. The first kappa shape index (κ1) is 14.8. The molecule has 0 radical (unpaired) electrons. The molecular weight excluding hydrogens is 302 g/mol. The van der Waals surface area contributed by atoms with Crippen molar-refractivity contribution in [2.75, 3.05) is 25.1 Å². The molecule has 3 aromatic rings. The van der Waals surface area contributed by atoms with E-state index in [2.05, 4.69) is 17.0 Å². The molecule has 5 nitrogen and oxygen atoms in total. The number of fused-ring (bicyclic) bond motifs is 2. The van der Waals surface area contributed by atoms with Crippen LogP contribution in [0.1, 0.15) is 5.56 Å². The zero-order chi connectivity index (χ0) is 16.5. The highest BCUT2D eigenvalue weighted by molar-refractivity contribution is 5.78. The number of nitrogens with zero attached hydrogens (tertiary/aromatic N) is 3. The molecule has 1 aromatic heterocycles. The van der Waals surface area contributed by atoms with Gasteiger partial charge in [0, 0.05) is 19.6 Å². The molecule has 2 heterocycles. The Bertz CT molecular complexity index is 931. The number of hydrogen-bond donors (Lipinski definition) is 0. The standard InChI is InChI=1S/C19H19N3O2/c1-24-15-8-6-14(7-9-15)10-11-21-12-13-22-18(23)16-4-2-3-5-17(16)20-19(21)22/h2-9H,10-13H2,1H3. The average Bonchev–Trinajstić information content (AvgIpc) is 3.04. The maximum absolute atomic E-state index is 12.6. The van der Waals surface area contributed by atoms with Crippen molar-refractivity contribution in [2.24, 2.45) is 0 Å². The Morgan fingerprint density at radius 3 is 2.67 bits per heavy atom. The van der Waals surface area contributed by atoms with E-state index in [0.29, 0.717) is 11.9 Å². The van der Waals surface area contributed by atoms with E-state index in [0.717, 1.165) is 36.7 Å². The number of methoxy groups -OCH3 is 1. The van der Waals surface area contributed by atoms with Crippen molar-refractivity contribution >= 4 is 16.9 Å². The fourth-order valence-corrected chi connectivity index (χ4v) is 3.19. The summed E-state index contributed by atoms with van der Waals surface area (Å²) in [5.41, 5.74) is 2.07. The summed E-state index contributed by atoms with van der Waals surface area (Å²) in [4.78, 5) is 19.5. The second-order valence-electron chi connectivity index (χ2n) is 5.97. The molecule has 0 bridgehead atoms. The molecule has 1 aliphatic heterocycles. The smallest absolute Gasteiger partial charge is 0.262 e. The molecule has 0 N–H and O–H groups in total. The van der Waals surface area contributed by atoms with E-state index in [-0.39, 0.29) is 5.56 Å². The Labute approximate surface area is 140 Å². The summed E-state index contributed by atoms with van der Waals surface area (Å²) in [6.07, 6.45) is 0.909. The van der Waals surface area contributed by atoms with E-state index >= 15 is 0 Å². The summed E-state index contributed by atoms with van der Waals surface area (Å²) in [5, 5.41) is 0.693. The molecule has 24 heavy (non-hydrogen) atoms. The lowest BCUT2D eigenvalue weighted by Crippen LogP contribution is -2.25. The van der Waals surface area contributed by atoms with Crippen molar-refractivity contribution in [2.45, 2.75) is 13.0 Å². The number of rotatable bonds is 4. The van der Waals surface area contributed by atoms with Crippen molar-refractivity contribution in [3.63, 3.8) is 0 Å². The first-order valence-electron chi connectivity index (χ1n) is 8.14. The van der Waals surface area contributed by atoms with Gasteiger partial charge in [-0.15, -0.1) is 0 Å². The number of benzene rings is 2. The molecule has 122 valence electrons. The molecule has 0 unspecified atom stereocenters. The Morgan fingerprint density at radius 2 is 1.88 bits per heavy atom. The summed E-state index contributed by atoms with van der Waals surface area (Å²) < 4.78 is 6.98. The van der Waals surface area contributed by atoms with Crippen molar-refractivity contribution in [3.8, 4) is 5.75 Å². The van der Waals surface area contributed by atoms with Crippen molar-refractivity contribution in [1.82, 2.24) is 9.55 Å². The van der Waals surface area contributed by atoms with Gasteiger partial charge in [-0.1, -0.05) is 24.3 Å². The van der Waals surface area contributed by atoms with Crippen LogP contribution in [0.4, 0.5) is 5.95 Å². The number of ether oxygens (including phenoxy) is 1. The quantitative estimate of drug-likeness (QED) is 0.741. The van der Waals surface area contributed by atoms with E-state index < -0.39 is 0 Å². The normalized spacial score (nSPS) is 13.3. The van der Waals surface area contributed by atoms with Crippen LogP contribution in [0.3, 0.4) is 0 Å². The second kappa shape index (κ2) is 6.00. The highest BCUT2D eigenvalue weighted by atomic mass is 16.5. The maximum Gasteiger partial charge on any atom is 0.262 e. The predicted octanol–water partition coefficient (Wildman–Crippen LogP) is 2.47. The molecule has 0 saturated carbocycles. The monoisotopic (exact) mass is 321 g/mol. The molecule has 0 spiro atoms. The van der Waals surface area contributed by atoms with Gasteiger partial charge in [0.15, 0.2) is 0 Å². The summed E-state index contributed by atoms with van der Waals surface area (Å²) in [5.74, 6) is 1.65. The first-order valence-corrected chi connectivity index (χ1v) is 8.14.